The van der Waals surface area contributed by atoms with Crippen LogP contribution < -0.4 is 9.47 Å². The molecule has 0 aliphatic rings. The van der Waals surface area contributed by atoms with E-state index in [1.165, 1.54) is 26.4 Å². The number of hydrogen-bond acceptors (Lipinski definition) is 12. The van der Waals surface area contributed by atoms with Crippen LogP contribution in [0.3, 0.4) is 0 Å². The molecule has 0 amide bonds. The van der Waals surface area contributed by atoms with E-state index in [1.807, 2.05) is 13.8 Å². The van der Waals surface area contributed by atoms with Crippen LogP contribution in [0.25, 0.3) is 0 Å². The van der Waals surface area contributed by atoms with Gasteiger partial charge in [-0.1, -0.05) is 13.8 Å². The van der Waals surface area contributed by atoms with Gasteiger partial charge in [-0.3, -0.25) is 4.79 Å². The summed E-state index contributed by atoms with van der Waals surface area (Å²) in [6, 6.07) is 4.51. The van der Waals surface area contributed by atoms with Gasteiger partial charge in [0.2, 0.25) is 17.7 Å². The molecule has 0 radical (unpaired) electrons. The third-order valence-corrected chi connectivity index (χ3v) is 5.25. The number of aromatic nitrogens is 3. The zero-order valence-electron chi connectivity index (χ0n) is 23.4. The largest absolute Gasteiger partial charge is 0.510 e. The lowest BCUT2D eigenvalue weighted by molar-refractivity contribution is -0.0812. The molecule has 0 saturated heterocycles. The molecule has 13 heteroatoms. The number of esters is 1. The Labute approximate surface area is 227 Å². The van der Waals surface area contributed by atoms with Gasteiger partial charge in [0.15, 0.2) is 23.3 Å². The van der Waals surface area contributed by atoms with Gasteiger partial charge >= 0.3 is 12.1 Å². The average molecular weight is 552 g/mol. The maximum absolute atomic E-state index is 13.4. The number of methoxy groups -OCH3 is 2. The number of ether oxygens (including phenoxy) is 7. The van der Waals surface area contributed by atoms with Gasteiger partial charge in [-0.25, -0.2) is 9.59 Å². The van der Waals surface area contributed by atoms with Gasteiger partial charge in [0.1, 0.15) is 0 Å². The van der Waals surface area contributed by atoms with Crippen LogP contribution in [0.1, 0.15) is 67.4 Å². The van der Waals surface area contributed by atoms with E-state index in [2.05, 4.69) is 10.2 Å². The summed E-state index contributed by atoms with van der Waals surface area (Å²) in [5, 5.41) is 8.42. The Kier molecular flexibility index (Phi) is 12.6. The van der Waals surface area contributed by atoms with Crippen molar-refractivity contribution < 1.29 is 47.5 Å². The molecule has 1 unspecified atom stereocenters. The van der Waals surface area contributed by atoms with E-state index in [9.17, 15) is 14.4 Å². The molecule has 0 saturated carbocycles. The van der Waals surface area contributed by atoms with E-state index in [0.29, 0.717) is 24.7 Å². The normalized spacial score (nSPS) is 11.8. The first-order valence-corrected chi connectivity index (χ1v) is 12.6. The van der Waals surface area contributed by atoms with Gasteiger partial charge in [0.25, 0.3) is 0 Å². The maximum atomic E-state index is 13.4. The second kappa shape index (κ2) is 15.6. The molecule has 2 aromatic rings. The molecule has 0 aliphatic heterocycles. The van der Waals surface area contributed by atoms with Gasteiger partial charge in [-0.15, -0.1) is 15.0 Å². The standard InChI is InChI=1S/C26H37N3O10/c1-8-35-14-18(15-36-9-2)38-26(32)39-24(16(4)5)29-27-21(22(28-29)25(31)37-10-3)23(30)17-11-12-19(33-6)20(13-17)34-7/h11-13,16,18,24H,8-10,14-15H2,1-7H3. The van der Waals surface area contributed by atoms with Gasteiger partial charge in [-0.2, -0.15) is 0 Å². The van der Waals surface area contributed by atoms with Crippen molar-refractivity contribution >= 4 is 17.9 Å². The van der Waals surface area contributed by atoms with Crippen LogP contribution in [0.15, 0.2) is 18.2 Å². The summed E-state index contributed by atoms with van der Waals surface area (Å²) >= 11 is 0. The summed E-state index contributed by atoms with van der Waals surface area (Å²) in [4.78, 5) is 39.8. The zero-order valence-corrected chi connectivity index (χ0v) is 23.4. The van der Waals surface area contributed by atoms with Crippen LogP contribution in [0, 0.1) is 5.92 Å². The fraction of sp³-hybridized carbons (Fsp3) is 0.577. The molecule has 0 N–H and O–H groups in total. The summed E-state index contributed by atoms with van der Waals surface area (Å²) in [5.74, 6) is -1.12. The summed E-state index contributed by atoms with van der Waals surface area (Å²) in [6.07, 6.45) is -2.83. The highest BCUT2D eigenvalue weighted by molar-refractivity contribution is 6.12. The maximum Gasteiger partial charge on any atom is 0.510 e. The third kappa shape index (κ3) is 8.65. The van der Waals surface area contributed by atoms with Crippen molar-refractivity contribution in [3.63, 3.8) is 0 Å². The van der Waals surface area contributed by atoms with Crippen LogP contribution in [-0.2, 0) is 23.7 Å². The van der Waals surface area contributed by atoms with Gasteiger partial charge in [-0.05, 0) is 39.0 Å². The SMILES string of the molecule is CCOCC(COCC)OC(=O)OC(C(C)C)n1nc(C(=O)OCC)c(C(=O)c2ccc(OC)c(OC)c2)n1. The molecule has 216 valence electrons. The van der Waals surface area contributed by atoms with Crippen LogP contribution in [0.2, 0.25) is 0 Å². The number of rotatable bonds is 16. The number of nitrogens with zero attached hydrogens (tertiary/aromatic N) is 3. The highest BCUT2D eigenvalue weighted by atomic mass is 16.7. The minimum absolute atomic E-state index is 0.0488. The monoisotopic (exact) mass is 551 g/mol. The summed E-state index contributed by atoms with van der Waals surface area (Å²) < 4.78 is 37.2. The lowest BCUT2D eigenvalue weighted by Crippen LogP contribution is -2.32. The van der Waals surface area contributed by atoms with E-state index in [0.717, 1.165) is 4.80 Å². The lowest BCUT2D eigenvalue weighted by Gasteiger charge is -2.22. The molecule has 0 bridgehead atoms. The molecule has 2 rings (SSSR count). The molecule has 1 aromatic carbocycles. The Balaban J connectivity index is 2.40. The van der Waals surface area contributed by atoms with Gasteiger partial charge in [0, 0.05) is 24.7 Å². The third-order valence-electron chi connectivity index (χ3n) is 5.25. The van der Waals surface area contributed by atoms with E-state index < -0.39 is 30.2 Å². The molecule has 1 heterocycles. The minimum atomic E-state index is -1.11. The molecule has 0 spiro atoms. The van der Waals surface area contributed by atoms with Crippen molar-refractivity contribution in [1.82, 2.24) is 15.0 Å². The molecule has 0 fully saturated rings. The molecule has 13 nitrogen and oxygen atoms in total. The van der Waals surface area contributed by atoms with E-state index in [1.54, 1.807) is 26.8 Å². The quantitative estimate of drug-likeness (QED) is 0.222. The highest BCUT2D eigenvalue weighted by Gasteiger charge is 2.32. The minimum Gasteiger partial charge on any atom is -0.493 e. The molecule has 39 heavy (non-hydrogen) atoms. The second-order valence-electron chi connectivity index (χ2n) is 8.40. The second-order valence-corrected chi connectivity index (χ2v) is 8.40. The van der Waals surface area contributed by atoms with Crippen molar-refractivity contribution in [3.05, 3.63) is 35.2 Å². The van der Waals surface area contributed by atoms with Crippen molar-refractivity contribution in [1.29, 1.82) is 0 Å². The van der Waals surface area contributed by atoms with E-state index in [-0.39, 0.29) is 42.7 Å². The molecule has 1 atom stereocenters. The lowest BCUT2D eigenvalue weighted by atomic mass is 10.1. The Morgan fingerprint density at radius 3 is 2.00 bits per heavy atom. The van der Waals surface area contributed by atoms with Crippen molar-refractivity contribution in [2.45, 2.75) is 47.0 Å². The highest BCUT2D eigenvalue weighted by Crippen LogP contribution is 2.29. The van der Waals surface area contributed by atoms with Crippen molar-refractivity contribution in [2.24, 2.45) is 5.92 Å². The van der Waals surface area contributed by atoms with Crippen LogP contribution in [-0.4, -0.2) is 86.3 Å². The van der Waals surface area contributed by atoms with Gasteiger partial charge in [0.05, 0.1) is 34.0 Å². The van der Waals surface area contributed by atoms with Gasteiger partial charge < -0.3 is 33.2 Å². The number of carbonyl (C=O) groups is 3. The average Bonchev–Trinajstić information content (AvgIpc) is 3.37. The Hall–Kier alpha value is -3.71. The fourth-order valence-corrected chi connectivity index (χ4v) is 3.37. The predicted octanol–water partition coefficient (Wildman–Crippen LogP) is 3.45. The summed E-state index contributed by atoms with van der Waals surface area (Å²) in [6.45, 7) is 9.90. The topological polar surface area (TPSA) is 147 Å². The molecular formula is C26H37N3O10. The number of hydrogen-bond donors (Lipinski definition) is 0. The number of benzene rings is 1. The summed E-state index contributed by atoms with van der Waals surface area (Å²) in [7, 11) is 2.90. The van der Waals surface area contributed by atoms with Crippen LogP contribution >= 0.6 is 0 Å². The first-order chi connectivity index (χ1) is 18.7. The van der Waals surface area contributed by atoms with E-state index >= 15 is 0 Å². The molecule has 0 aliphatic carbocycles. The van der Waals surface area contributed by atoms with Crippen molar-refractivity contribution in [3.8, 4) is 11.5 Å². The van der Waals surface area contributed by atoms with Crippen LogP contribution in [0.4, 0.5) is 4.79 Å². The Morgan fingerprint density at radius 1 is 0.846 bits per heavy atom. The molecular weight excluding hydrogens is 514 g/mol. The first kappa shape index (κ1) is 31.5. The summed E-state index contributed by atoms with van der Waals surface area (Å²) in [5.41, 5.74) is -0.444. The molecule has 1 aromatic heterocycles. The van der Waals surface area contributed by atoms with Crippen LogP contribution in [0.5, 0.6) is 11.5 Å². The fourth-order valence-electron chi connectivity index (χ4n) is 3.37. The zero-order chi connectivity index (χ0) is 28.9. The number of carbonyl (C=O) groups excluding carboxylic acids is 3. The predicted molar refractivity (Wildman–Crippen MR) is 137 cm³/mol. The smallest absolute Gasteiger partial charge is 0.493 e. The Morgan fingerprint density at radius 2 is 1.46 bits per heavy atom. The van der Waals surface area contributed by atoms with Crippen molar-refractivity contribution in [2.75, 3.05) is 47.3 Å². The number of ketones is 1. The van der Waals surface area contributed by atoms with E-state index in [4.69, 9.17) is 33.2 Å². The Bertz CT molecular complexity index is 1090. The first-order valence-electron chi connectivity index (χ1n) is 12.6.